The van der Waals surface area contributed by atoms with Gasteiger partial charge in [0.25, 0.3) is 0 Å². The number of nitrogens with one attached hydrogen (secondary N) is 1. The number of hydrogen-bond acceptors (Lipinski definition) is 2. The number of hydrogen-bond donors (Lipinski definition) is 2. The minimum Gasteiger partial charge on any atom is -0.353 e. The summed E-state index contributed by atoms with van der Waals surface area (Å²) in [6.07, 6.45) is 4.70. The number of rotatable bonds is 6. The maximum absolute atomic E-state index is 10.8. The Balaban J connectivity index is 3.32. The van der Waals surface area contributed by atoms with Gasteiger partial charge in [0, 0.05) is 6.04 Å². The van der Waals surface area contributed by atoms with Crippen molar-refractivity contribution < 1.29 is 4.79 Å². The number of nitrogens with two attached hydrogens (primary N) is 1. The fraction of sp³-hybridized carbons (Fsp3) is 0.889. The van der Waals surface area contributed by atoms with Crippen LogP contribution in [0.5, 0.6) is 0 Å². The summed E-state index contributed by atoms with van der Waals surface area (Å²) < 4.78 is 0. The third kappa shape index (κ3) is 6.16. The summed E-state index contributed by atoms with van der Waals surface area (Å²) in [7, 11) is 0. The Morgan fingerprint density at radius 2 is 2.17 bits per heavy atom. The Morgan fingerprint density at radius 1 is 1.50 bits per heavy atom. The molecular formula is C9H20N2O. The first-order valence-corrected chi connectivity index (χ1v) is 4.70. The van der Waals surface area contributed by atoms with E-state index in [1.807, 2.05) is 6.92 Å². The topological polar surface area (TPSA) is 55.1 Å². The van der Waals surface area contributed by atoms with Crippen LogP contribution in [-0.4, -0.2) is 18.5 Å². The van der Waals surface area contributed by atoms with E-state index in [1.165, 1.54) is 19.3 Å². The summed E-state index contributed by atoms with van der Waals surface area (Å²) in [5.41, 5.74) is 5.16. The third-order valence-electron chi connectivity index (χ3n) is 1.83. The molecule has 0 aliphatic rings. The molecule has 0 aromatic heterocycles. The van der Waals surface area contributed by atoms with Crippen molar-refractivity contribution in [2.24, 2.45) is 5.73 Å². The number of carbonyl (C=O) groups excluding carboxylic acids is 1. The summed E-state index contributed by atoms with van der Waals surface area (Å²) in [6.45, 7) is 4.28. The van der Waals surface area contributed by atoms with Gasteiger partial charge < -0.3 is 11.1 Å². The van der Waals surface area contributed by atoms with E-state index in [4.69, 9.17) is 5.73 Å². The smallest absolute Gasteiger partial charge is 0.233 e. The van der Waals surface area contributed by atoms with Crippen LogP contribution in [0.2, 0.25) is 0 Å². The quantitative estimate of drug-likeness (QED) is 0.588. The molecule has 0 spiro atoms. The fourth-order valence-corrected chi connectivity index (χ4v) is 1.11. The molecule has 1 atom stereocenters. The second kappa shape index (κ2) is 7.10. The molecule has 3 heteroatoms. The van der Waals surface area contributed by atoms with E-state index < -0.39 is 0 Å². The van der Waals surface area contributed by atoms with E-state index in [-0.39, 0.29) is 18.5 Å². The molecular weight excluding hydrogens is 152 g/mol. The first-order chi connectivity index (χ1) is 5.70. The maximum atomic E-state index is 10.8. The monoisotopic (exact) mass is 172 g/mol. The summed E-state index contributed by atoms with van der Waals surface area (Å²) in [5, 5.41) is 2.82. The molecule has 1 amide bonds. The first-order valence-electron chi connectivity index (χ1n) is 4.70. The molecule has 0 radical (unpaired) electrons. The highest BCUT2D eigenvalue weighted by molar-refractivity contribution is 5.77. The Bertz CT molecular complexity index is 126. The molecule has 0 saturated heterocycles. The molecule has 0 aliphatic heterocycles. The predicted octanol–water partition coefficient (Wildman–Crippen LogP) is 1.03. The molecule has 0 heterocycles. The van der Waals surface area contributed by atoms with Gasteiger partial charge in [-0.15, -0.1) is 0 Å². The minimum atomic E-state index is -0.0565. The standard InChI is InChI=1S/C9H20N2O/c1-3-4-5-6-8(2)11-9(12)7-10/h8H,3-7,10H2,1-2H3,(H,11,12). The highest BCUT2D eigenvalue weighted by atomic mass is 16.1. The van der Waals surface area contributed by atoms with Crippen LogP contribution in [0.1, 0.15) is 39.5 Å². The SMILES string of the molecule is CCCCCC(C)NC(=O)CN. The normalized spacial score (nSPS) is 12.6. The molecule has 0 bridgehead atoms. The first kappa shape index (κ1) is 11.4. The second-order valence-corrected chi connectivity index (χ2v) is 3.17. The number of amides is 1. The summed E-state index contributed by atoms with van der Waals surface area (Å²) in [4.78, 5) is 10.8. The molecule has 3 N–H and O–H groups in total. The van der Waals surface area contributed by atoms with Gasteiger partial charge in [-0.1, -0.05) is 26.2 Å². The molecule has 72 valence electrons. The molecule has 0 aliphatic carbocycles. The van der Waals surface area contributed by atoms with Crippen LogP contribution >= 0.6 is 0 Å². The Hall–Kier alpha value is -0.570. The van der Waals surface area contributed by atoms with E-state index in [2.05, 4.69) is 12.2 Å². The average Bonchev–Trinajstić information content (AvgIpc) is 2.05. The van der Waals surface area contributed by atoms with Crippen LogP contribution in [0.15, 0.2) is 0 Å². The molecule has 0 saturated carbocycles. The fourth-order valence-electron chi connectivity index (χ4n) is 1.11. The van der Waals surface area contributed by atoms with E-state index in [9.17, 15) is 4.79 Å². The van der Waals surface area contributed by atoms with Crippen LogP contribution in [0.4, 0.5) is 0 Å². The highest BCUT2D eigenvalue weighted by Gasteiger charge is 2.03. The van der Waals surface area contributed by atoms with Crippen LogP contribution < -0.4 is 11.1 Å². The van der Waals surface area contributed by atoms with Crippen molar-refractivity contribution >= 4 is 5.91 Å². The maximum Gasteiger partial charge on any atom is 0.233 e. The molecule has 1 unspecified atom stereocenters. The lowest BCUT2D eigenvalue weighted by molar-refractivity contribution is -0.120. The zero-order valence-corrected chi connectivity index (χ0v) is 8.10. The van der Waals surface area contributed by atoms with Crippen molar-refractivity contribution in [3.63, 3.8) is 0 Å². The Kier molecular flexibility index (Phi) is 6.76. The van der Waals surface area contributed by atoms with E-state index in [0.29, 0.717) is 0 Å². The Labute approximate surface area is 74.7 Å². The van der Waals surface area contributed by atoms with Gasteiger partial charge in [-0.3, -0.25) is 4.79 Å². The lowest BCUT2D eigenvalue weighted by atomic mass is 10.1. The number of carbonyl (C=O) groups is 1. The van der Waals surface area contributed by atoms with E-state index in [1.54, 1.807) is 0 Å². The average molecular weight is 172 g/mol. The summed E-state index contributed by atoms with van der Waals surface area (Å²) >= 11 is 0. The zero-order valence-electron chi connectivity index (χ0n) is 8.10. The third-order valence-corrected chi connectivity index (χ3v) is 1.83. The summed E-state index contributed by atoms with van der Waals surface area (Å²) in [6, 6.07) is 0.271. The summed E-state index contributed by atoms with van der Waals surface area (Å²) in [5.74, 6) is -0.0565. The molecule has 0 rings (SSSR count). The predicted molar refractivity (Wildman–Crippen MR) is 50.8 cm³/mol. The van der Waals surface area contributed by atoms with E-state index >= 15 is 0 Å². The largest absolute Gasteiger partial charge is 0.353 e. The molecule has 3 nitrogen and oxygen atoms in total. The molecule has 0 aromatic rings. The van der Waals surface area contributed by atoms with Crippen LogP contribution in [0, 0.1) is 0 Å². The molecule has 0 aromatic carbocycles. The van der Waals surface area contributed by atoms with Gasteiger partial charge in [-0.2, -0.15) is 0 Å². The van der Waals surface area contributed by atoms with E-state index in [0.717, 1.165) is 6.42 Å². The van der Waals surface area contributed by atoms with Gasteiger partial charge in [-0.25, -0.2) is 0 Å². The lowest BCUT2D eigenvalue weighted by Crippen LogP contribution is -2.36. The highest BCUT2D eigenvalue weighted by Crippen LogP contribution is 2.02. The minimum absolute atomic E-state index is 0.0565. The van der Waals surface area contributed by atoms with Crippen LogP contribution in [-0.2, 0) is 4.79 Å². The molecule has 0 fully saturated rings. The van der Waals surface area contributed by atoms with Crippen molar-refractivity contribution in [2.75, 3.05) is 6.54 Å². The van der Waals surface area contributed by atoms with Gasteiger partial charge in [0.15, 0.2) is 0 Å². The number of unbranched alkanes of at least 4 members (excludes halogenated alkanes) is 2. The van der Waals surface area contributed by atoms with Gasteiger partial charge in [0.05, 0.1) is 6.54 Å². The zero-order chi connectivity index (χ0) is 9.40. The molecule has 12 heavy (non-hydrogen) atoms. The van der Waals surface area contributed by atoms with Crippen LogP contribution in [0.25, 0.3) is 0 Å². The van der Waals surface area contributed by atoms with Gasteiger partial charge in [-0.05, 0) is 13.3 Å². The van der Waals surface area contributed by atoms with Gasteiger partial charge in [0.1, 0.15) is 0 Å². The second-order valence-electron chi connectivity index (χ2n) is 3.17. The van der Waals surface area contributed by atoms with Crippen molar-refractivity contribution in [3.8, 4) is 0 Å². The lowest BCUT2D eigenvalue weighted by Gasteiger charge is -2.12. The van der Waals surface area contributed by atoms with Crippen LogP contribution in [0.3, 0.4) is 0 Å². The Morgan fingerprint density at radius 3 is 2.67 bits per heavy atom. The van der Waals surface area contributed by atoms with Crippen molar-refractivity contribution in [3.05, 3.63) is 0 Å². The van der Waals surface area contributed by atoms with Gasteiger partial charge >= 0.3 is 0 Å². The van der Waals surface area contributed by atoms with Gasteiger partial charge in [0.2, 0.25) is 5.91 Å². The van der Waals surface area contributed by atoms with Crippen molar-refractivity contribution in [1.29, 1.82) is 0 Å². The van der Waals surface area contributed by atoms with Crippen molar-refractivity contribution in [2.45, 2.75) is 45.6 Å². The van der Waals surface area contributed by atoms with Crippen molar-refractivity contribution in [1.82, 2.24) is 5.32 Å².